The standard InChI is InChI=1S/C26H22N4O3S/c1-17-23(28-24(33-17)19-9-11-20(32-2)12-10-19)16-34-26-29-22-8-4-3-7-21(22)25(31)30(26)15-18-6-5-13-27-14-18/h3-14H,15-16H2,1-2H3. The summed E-state index contributed by atoms with van der Waals surface area (Å²) in [4.78, 5) is 27.0. The Morgan fingerprint density at radius 1 is 1.03 bits per heavy atom. The number of pyridine rings is 1. The summed E-state index contributed by atoms with van der Waals surface area (Å²) in [6, 6.07) is 18.8. The van der Waals surface area contributed by atoms with Gasteiger partial charge in [-0.15, -0.1) is 0 Å². The van der Waals surface area contributed by atoms with E-state index in [0.717, 1.165) is 28.3 Å². The zero-order valence-corrected chi connectivity index (χ0v) is 19.6. The molecular weight excluding hydrogens is 448 g/mol. The van der Waals surface area contributed by atoms with Gasteiger partial charge in [0.2, 0.25) is 5.89 Å². The van der Waals surface area contributed by atoms with Crippen LogP contribution in [-0.4, -0.2) is 26.6 Å². The van der Waals surface area contributed by atoms with Gasteiger partial charge >= 0.3 is 0 Å². The summed E-state index contributed by atoms with van der Waals surface area (Å²) in [5.74, 6) is 2.58. The summed E-state index contributed by atoms with van der Waals surface area (Å²) in [5.41, 5.74) is 3.22. The van der Waals surface area contributed by atoms with Crippen LogP contribution in [0.15, 0.2) is 87.4 Å². The summed E-state index contributed by atoms with van der Waals surface area (Å²) in [6.45, 7) is 2.29. The second-order valence-electron chi connectivity index (χ2n) is 7.70. The van der Waals surface area contributed by atoms with Gasteiger partial charge in [-0.2, -0.15) is 0 Å². The van der Waals surface area contributed by atoms with Crippen LogP contribution in [0.25, 0.3) is 22.4 Å². The molecule has 0 saturated carbocycles. The zero-order valence-electron chi connectivity index (χ0n) is 18.8. The number of hydrogen-bond acceptors (Lipinski definition) is 7. The molecule has 0 N–H and O–H groups in total. The van der Waals surface area contributed by atoms with Gasteiger partial charge in [-0.1, -0.05) is 30.0 Å². The molecule has 0 aliphatic carbocycles. The van der Waals surface area contributed by atoms with Gasteiger partial charge in [-0.3, -0.25) is 14.3 Å². The van der Waals surface area contributed by atoms with Crippen LogP contribution in [-0.2, 0) is 12.3 Å². The molecular formula is C26H22N4O3S. The highest BCUT2D eigenvalue weighted by Gasteiger charge is 2.16. The average molecular weight is 471 g/mol. The molecule has 0 spiro atoms. The largest absolute Gasteiger partial charge is 0.497 e. The predicted octanol–water partition coefficient (Wildman–Crippen LogP) is 5.10. The Morgan fingerprint density at radius 2 is 1.85 bits per heavy atom. The molecule has 0 aliphatic rings. The quantitative estimate of drug-likeness (QED) is 0.242. The van der Waals surface area contributed by atoms with E-state index in [1.54, 1.807) is 24.1 Å². The summed E-state index contributed by atoms with van der Waals surface area (Å²) in [5, 5.41) is 1.22. The van der Waals surface area contributed by atoms with Crippen LogP contribution in [0.5, 0.6) is 5.75 Å². The van der Waals surface area contributed by atoms with Crippen molar-refractivity contribution in [3.63, 3.8) is 0 Å². The lowest BCUT2D eigenvalue weighted by Gasteiger charge is -2.12. The van der Waals surface area contributed by atoms with E-state index in [1.165, 1.54) is 11.8 Å². The van der Waals surface area contributed by atoms with Gasteiger partial charge in [0.15, 0.2) is 5.16 Å². The molecule has 0 atom stereocenters. The van der Waals surface area contributed by atoms with E-state index in [2.05, 4.69) is 4.98 Å². The number of hydrogen-bond donors (Lipinski definition) is 0. The Morgan fingerprint density at radius 3 is 2.62 bits per heavy atom. The van der Waals surface area contributed by atoms with Crippen LogP contribution in [0.4, 0.5) is 0 Å². The number of aromatic nitrogens is 4. The normalized spacial score (nSPS) is 11.1. The maximum atomic E-state index is 13.3. The molecule has 5 aromatic rings. The molecule has 170 valence electrons. The third kappa shape index (κ3) is 4.45. The predicted molar refractivity (Wildman–Crippen MR) is 132 cm³/mol. The first-order valence-electron chi connectivity index (χ1n) is 10.7. The van der Waals surface area contributed by atoms with Gasteiger partial charge in [0.05, 0.1) is 30.3 Å². The average Bonchev–Trinajstić information content (AvgIpc) is 3.25. The fourth-order valence-corrected chi connectivity index (χ4v) is 4.62. The van der Waals surface area contributed by atoms with Gasteiger partial charge in [0.1, 0.15) is 11.5 Å². The smallest absolute Gasteiger partial charge is 0.262 e. The number of fused-ring (bicyclic) bond motifs is 1. The minimum absolute atomic E-state index is 0.0762. The number of para-hydroxylation sites is 1. The molecule has 3 aromatic heterocycles. The van der Waals surface area contributed by atoms with Crippen molar-refractivity contribution in [1.82, 2.24) is 19.5 Å². The number of benzene rings is 2. The summed E-state index contributed by atoms with van der Waals surface area (Å²) < 4.78 is 12.8. The molecule has 3 heterocycles. The van der Waals surface area contributed by atoms with E-state index in [1.807, 2.05) is 67.6 Å². The van der Waals surface area contributed by atoms with E-state index >= 15 is 0 Å². The Labute approximate surface area is 200 Å². The van der Waals surface area contributed by atoms with Crippen molar-refractivity contribution in [1.29, 1.82) is 0 Å². The number of oxazole rings is 1. The molecule has 5 rings (SSSR count). The van der Waals surface area contributed by atoms with Crippen molar-refractivity contribution in [2.45, 2.75) is 24.4 Å². The highest BCUT2D eigenvalue weighted by atomic mass is 32.2. The molecule has 0 radical (unpaired) electrons. The van der Waals surface area contributed by atoms with Gasteiger partial charge in [0, 0.05) is 23.7 Å². The minimum atomic E-state index is -0.0762. The third-order valence-electron chi connectivity index (χ3n) is 5.46. The third-order valence-corrected chi connectivity index (χ3v) is 6.45. The highest BCUT2D eigenvalue weighted by Crippen LogP contribution is 2.28. The van der Waals surface area contributed by atoms with Crippen LogP contribution < -0.4 is 10.3 Å². The van der Waals surface area contributed by atoms with Crippen molar-refractivity contribution in [3.05, 3.63) is 100 Å². The number of ether oxygens (including phenoxy) is 1. The summed E-state index contributed by atoms with van der Waals surface area (Å²) in [6.07, 6.45) is 3.48. The van der Waals surface area contributed by atoms with Crippen LogP contribution in [0.3, 0.4) is 0 Å². The lowest BCUT2D eigenvalue weighted by molar-refractivity contribution is 0.415. The van der Waals surface area contributed by atoms with E-state index in [0.29, 0.717) is 34.2 Å². The number of nitrogens with zero attached hydrogens (tertiary/aromatic N) is 4. The molecule has 2 aromatic carbocycles. The first-order chi connectivity index (χ1) is 16.6. The molecule has 7 nitrogen and oxygen atoms in total. The van der Waals surface area contributed by atoms with Crippen molar-refractivity contribution < 1.29 is 9.15 Å². The van der Waals surface area contributed by atoms with Crippen molar-refractivity contribution in [2.75, 3.05) is 7.11 Å². The molecule has 0 aliphatic heterocycles. The van der Waals surface area contributed by atoms with Crippen molar-refractivity contribution in [3.8, 4) is 17.2 Å². The van der Waals surface area contributed by atoms with Crippen molar-refractivity contribution >= 4 is 22.7 Å². The number of thioether (sulfide) groups is 1. The Bertz CT molecular complexity index is 1490. The molecule has 0 bridgehead atoms. The maximum Gasteiger partial charge on any atom is 0.262 e. The lowest BCUT2D eigenvalue weighted by atomic mass is 10.2. The zero-order chi connectivity index (χ0) is 23.5. The molecule has 8 heteroatoms. The molecule has 0 fully saturated rings. The Kier molecular flexibility index (Phi) is 6.14. The SMILES string of the molecule is COc1ccc(-c2nc(CSc3nc4ccccc4c(=O)n3Cc3cccnc3)c(C)o2)cc1. The minimum Gasteiger partial charge on any atom is -0.497 e. The fourth-order valence-electron chi connectivity index (χ4n) is 3.62. The summed E-state index contributed by atoms with van der Waals surface area (Å²) >= 11 is 1.47. The first kappa shape index (κ1) is 21.9. The van der Waals surface area contributed by atoms with E-state index in [9.17, 15) is 4.79 Å². The van der Waals surface area contributed by atoms with Gasteiger partial charge in [0.25, 0.3) is 5.56 Å². The number of rotatable bonds is 7. The second-order valence-corrected chi connectivity index (χ2v) is 8.65. The monoisotopic (exact) mass is 470 g/mol. The van der Waals surface area contributed by atoms with Crippen LogP contribution in [0.2, 0.25) is 0 Å². The van der Waals surface area contributed by atoms with Gasteiger partial charge in [-0.05, 0) is 55.0 Å². The maximum absolute atomic E-state index is 13.3. The molecule has 0 unspecified atom stereocenters. The van der Waals surface area contributed by atoms with E-state index in [4.69, 9.17) is 19.1 Å². The number of methoxy groups -OCH3 is 1. The second kappa shape index (κ2) is 9.52. The van der Waals surface area contributed by atoms with Crippen LogP contribution >= 0.6 is 11.8 Å². The van der Waals surface area contributed by atoms with Crippen molar-refractivity contribution in [2.24, 2.45) is 0 Å². The first-order valence-corrected chi connectivity index (χ1v) is 11.7. The lowest BCUT2D eigenvalue weighted by Crippen LogP contribution is -2.24. The van der Waals surface area contributed by atoms with E-state index < -0.39 is 0 Å². The summed E-state index contributed by atoms with van der Waals surface area (Å²) in [7, 11) is 1.63. The highest BCUT2D eigenvalue weighted by molar-refractivity contribution is 7.98. The van der Waals surface area contributed by atoms with Gasteiger partial charge in [-0.25, -0.2) is 9.97 Å². The number of aryl methyl sites for hydroxylation is 1. The molecule has 34 heavy (non-hydrogen) atoms. The topological polar surface area (TPSA) is 83.0 Å². The fraction of sp³-hybridized carbons (Fsp3) is 0.154. The Balaban J connectivity index is 1.46. The Hall–Kier alpha value is -3.91. The van der Waals surface area contributed by atoms with Crippen LogP contribution in [0, 0.1) is 6.92 Å². The molecule has 0 saturated heterocycles. The van der Waals surface area contributed by atoms with E-state index in [-0.39, 0.29) is 5.56 Å². The molecule has 0 amide bonds. The van der Waals surface area contributed by atoms with Crippen LogP contribution in [0.1, 0.15) is 17.0 Å². The van der Waals surface area contributed by atoms with Gasteiger partial charge < -0.3 is 9.15 Å².